The molecule has 0 atom stereocenters. The summed E-state index contributed by atoms with van der Waals surface area (Å²) < 4.78 is 22.5. The molecule has 0 spiro atoms. The molecule has 0 unspecified atom stereocenters. The molecule has 0 aliphatic carbocycles. The summed E-state index contributed by atoms with van der Waals surface area (Å²) in [6.45, 7) is 1.01. The fourth-order valence-corrected chi connectivity index (χ4v) is 2.04. The molecule has 0 aliphatic heterocycles. The molecule has 96 valence electrons. The van der Waals surface area contributed by atoms with E-state index in [2.05, 4.69) is 14.7 Å². The van der Waals surface area contributed by atoms with E-state index in [0.29, 0.717) is 30.3 Å². The van der Waals surface area contributed by atoms with Gasteiger partial charge in [-0.3, -0.25) is 0 Å². The average Bonchev–Trinajstić information content (AvgIpc) is 2.83. The highest BCUT2D eigenvalue weighted by Crippen LogP contribution is 2.14. The van der Waals surface area contributed by atoms with E-state index in [1.807, 2.05) is 6.07 Å². The fourth-order valence-electron chi connectivity index (χ4n) is 1.43. The van der Waals surface area contributed by atoms with Crippen LogP contribution in [0.3, 0.4) is 0 Å². The van der Waals surface area contributed by atoms with Gasteiger partial charge in [0.2, 0.25) is 5.13 Å². The molecule has 0 bridgehead atoms. The zero-order valence-corrected chi connectivity index (χ0v) is 10.8. The highest BCUT2D eigenvalue weighted by molar-refractivity contribution is 7.09. The number of halogens is 1. The molecule has 1 heterocycles. The van der Waals surface area contributed by atoms with Gasteiger partial charge in [0, 0.05) is 37.2 Å². The molecule has 0 aliphatic rings. The smallest absolute Gasteiger partial charge is 0.202 e. The first-order valence-corrected chi connectivity index (χ1v) is 6.35. The summed E-state index contributed by atoms with van der Waals surface area (Å²) in [6.07, 6.45) is 0.689. The summed E-state index contributed by atoms with van der Waals surface area (Å²) in [7, 11) is 1.64. The van der Waals surface area contributed by atoms with Crippen LogP contribution >= 0.6 is 11.5 Å². The van der Waals surface area contributed by atoms with E-state index < -0.39 is 0 Å². The third kappa shape index (κ3) is 3.48. The third-order valence-corrected chi connectivity index (χ3v) is 3.10. The van der Waals surface area contributed by atoms with Crippen molar-refractivity contribution in [2.45, 2.75) is 13.0 Å². The van der Waals surface area contributed by atoms with E-state index in [9.17, 15) is 4.39 Å². The number of nitrogens with zero attached hydrogens (tertiary/aromatic N) is 2. The number of hydrogen-bond acceptors (Lipinski definition) is 5. The lowest BCUT2D eigenvalue weighted by molar-refractivity contribution is 0.201. The van der Waals surface area contributed by atoms with E-state index in [1.54, 1.807) is 19.2 Å². The van der Waals surface area contributed by atoms with Gasteiger partial charge in [0.05, 0.1) is 6.61 Å². The highest BCUT2D eigenvalue weighted by atomic mass is 32.1. The van der Waals surface area contributed by atoms with Crippen molar-refractivity contribution in [1.29, 1.82) is 0 Å². The summed E-state index contributed by atoms with van der Waals surface area (Å²) in [5.74, 6) is 0.534. The largest absolute Gasteiger partial charge is 0.384 e. The van der Waals surface area contributed by atoms with E-state index in [-0.39, 0.29) is 5.82 Å². The number of benzene rings is 1. The maximum Gasteiger partial charge on any atom is 0.202 e. The number of rotatable bonds is 6. The van der Waals surface area contributed by atoms with Crippen molar-refractivity contribution in [3.63, 3.8) is 0 Å². The van der Waals surface area contributed by atoms with Crippen LogP contribution < -0.4 is 5.32 Å². The van der Waals surface area contributed by atoms with Crippen LogP contribution in [0.4, 0.5) is 9.52 Å². The van der Waals surface area contributed by atoms with Crippen LogP contribution in [0.1, 0.15) is 11.4 Å². The second-order valence-corrected chi connectivity index (χ2v) is 4.46. The zero-order valence-electron chi connectivity index (χ0n) is 10.0. The van der Waals surface area contributed by atoms with Crippen molar-refractivity contribution in [3.8, 4) is 0 Å². The predicted octanol–water partition coefficient (Wildman–Crippen LogP) is 2.48. The fraction of sp³-hybridized carbons (Fsp3) is 0.333. The van der Waals surface area contributed by atoms with Gasteiger partial charge in [-0.05, 0) is 6.07 Å². The maximum atomic E-state index is 13.4. The second kappa shape index (κ2) is 6.42. The average molecular weight is 267 g/mol. The molecular weight excluding hydrogens is 253 g/mol. The number of aromatic nitrogens is 2. The molecule has 1 N–H and O–H groups in total. The van der Waals surface area contributed by atoms with Crippen LogP contribution in [0.5, 0.6) is 0 Å². The molecule has 1 aromatic heterocycles. The standard InChI is InChI=1S/C12H14FN3OS/c1-17-7-6-11-15-12(18-16-11)14-8-9-4-2-3-5-10(9)13/h2-5H,6-8H2,1H3,(H,14,15,16). The summed E-state index contributed by atoms with van der Waals surface area (Å²) in [4.78, 5) is 4.29. The topological polar surface area (TPSA) is 47.0 Å². The van der Waals surface area contributed by atoms with Crippen molar-refractivity contribution in [3.05, 3.63) is 41.5 Å². The summed E-state index contributed by atoms with van der Waals surface area (Å²) in [6, 6.07) is 6.67. The molecule has 0 fully saturated rings. The van der Waals surface area contributed by atoms with Gasteiger partial charge in [-0.25, -0.2) is 9.37 Å². The molecular formula is C12H14FN3OS. The van der Waals surface area contributed by atoms with E-state index >= 15 is 0 Å². The quantitative estimate of drug-likeness (QED) is 0.873. The van der Waals surface area contributed by atoms with Crippen molar-refractivity contribution >= 4 is 16.7 Å². The second-order valence-electron chi connectivity index (χ2n) is 3.70. The van der Waals surface area contributed by atoms with Crippen molar-refractivity contribution in [2.24, 2.45) is 0 Å². The minimum atomic E-state index is -0.214. The van der Waals surface area contributed by atoms with Gasteiger partial charge in [0.25, 0.3) is 0 Å². The van der Waals surface area contributed by atoms with Gasteiger partial charge in [0.1, 0.15) is 11.6 Å². The first kappa shape index (κ1) is 12.9. The Kier molecular flexibility index (Phi) is 4.60. The number of hydrogen-bond donors (Lipinski definition) is 1. The summed E-state index contributed by atoms with van der Waals surface area (Å²) in [5.41, 5.74) is 0.617. The SMILES string of the molecule is COCCc1nsc(NCc2ccccc2F)n1. The Hall–Kier alpha value is -1.53. The van der Waals surface area contributed by atoms with Gasteiger partial charge in [-0.1, -0.05) is 18.2 Å². The third-order valence-electron chi connectivity index (χ3n) is 2.39. The molecule has 2 aromatic rings. The molecule has 0 saturated carbocycles. The number of anilines is 1. The van der Waals surface area contributed by atoms with E-state index in [1.165, 1.54) is 17.6 Å². The van der Waals surface area contributed by atoms with Crippen molar-refractivity contribution < 1.29 is 9.13 Å². The van der Waals surface area contributed by atoms with E-state index in [0.717, 1.165) is 5.82 Å². The highest BCUT2D eigenvalue weighted by Gasteiger charge is 2.05. The van der Waals surface area contributed by atoms with Gasteiger partial charge in [-0.2, -0.15) is 4.37 Å². The lowest BCUT2D eigenvalue weighted by Gasteiger charge is -2.03. The van der Waals surface area contributed by atoms with E-state index in [4.69, 9.17) is 4.74 Å². The van der Waals surface area contributed by atoms with Crippen LogP contribution in [0.2, 0.25) is 0 Å². The molecule has 2 rings (SSSR count). The van der Waals surface area contributed by atoms with Crippen LogP contribution in [0.25, 0.3) is 0 Å². The number of methoxy groups -OCH3 is 1. The minimum absolute atomic E-state index is 0.214. The molecule has 18 heavy (non-hydrogen) atoms. The number of ether oxygens (including phenoxy) is 1. The lowest BCUT2D eigenvalue weighted by atomic mass is 10.2. The van der Waals surface area contributed by atoms with Crippen LogP contribution in [0, 0.1) is 5.82 Å². The zero-order chi connectivity index (χ0) is 12.8. The Morgan fingerprint density at radius 2 is 2.22 bits per heavy atom. The molecule has 0 radical (unpaired) electrons. The van der Waals surface area contributed by atoms with Gasteiger partial charge in [0.15, 0.2) is 0 Å². The van der Waals surface area contributed by atoms with Crippen LogP contribution in [-0.4, -0.2) is 23.1 Å². The Morgan fingerprint density at radius 3 is 3.00 bits per heavy atom. The molecule has 0 amide bonds. The van der Waals surface area contributed by atoms with Gasteiger partial charge in [-0.15, -0.1) is 0 Å². The summed E-state index contributed by atoms with van der Waals surface area (Å²) in [5, 5.41) is 3.76. The normalized spacial score (nSPS) is 10.6. The lowest BCUT2D eigenvalue weighted by Crippen LogP contribution is -2.02. The molecule has 6 heteroatoms. The Bertz CT molecular complexity index is 504. The first-order chi connectivity index (χ1) is 8.79. The Labute approximate surface area is 109 Å². The Morgan fingerprint density at radius 1 is 1.39 bits per heavy atom. The molecule has 4 nitrogen and oxygen atoms in total. The molecule has 0 saturated heterocycles. The predicted molar refractivity (Wildman–Crippen MR) is 69.2 cm³/mol. The van der Waals surface area contributed by atoms with Crippen molar-refractivity contribution in [2.75, 3.05) is 19.0 Å². The van der Waals surface area contributed by atoms with Crippen LogP contribution in [0.15, 0.2) is 24.3 Å². The monoisotopic (exact) mass is 267 g/mol. The maximum absolute atomic E-state index is 13.4. The van der Waals surface area contributed by atoms with Gasteiger partial charge >= 0.3 is 0 Å². The number of nitrogens with one attached hydrogen (secondary N) is 1. The molecule has 1 aromatic carbocycles. The van der Waals surface area contributed by atoms with Gasteiger partial charge < -0.3 is 10.1 Å². The first-order valence-electron chi connectivity index (χ1n) is 5.58. The van der Waals surface area contributed by atoms with Crippen LogP contribution in [-0.2, 0) is 17.7 Å². The summed E-state index contributed by atoms with van der Waals surface area (Å²) >= 11 is 1.27. The Balaban J connectivity index is 1.90. The van der Waals surface area contributed by atoms with Crippen molar-refractivity contribution in [1.82, 2.24) is 9.36 Å². The minimum Gasteiger partial charge on any atom is -0.384 e.